The number of carbonyl (C=O) groups is 3. The number of carbonyl (C=O) groups excluding carboxylic acids is 3. The van der Waals surface area contributed by atoms with Gasteiger partial charge in [-0.05, 0) is 39.1 Å². The van der Waals surface area contributed by atoms with E-state index in [2.05, 4.69) is 5.32 Å². The van der Waals surface area contributed by atoms with Crippen molar-refractivity contribution in [3.8, 4) is 0 Å². The Morgan fingerprint density at radius 3 is 2.68 bits per heavy atom. The summed E-state index contributed by atoms with van der Waals surface area (Å²) in [6.45, 7) is 3.87. The number of nitrogens with one attached hydrogen (secondary N) is 1. The molecule has 7 heteroatoms. The Labute approximate surface area is 127 Å². The van der Waals surface area contributed by atoms with Gasteiger partial charge in [0, 0.05) is 6.04 Å². The van der Waals surface area contributed by atoms with Gasteiger partial charge in [0.2, 0.25) is 5.91 Å². The Bertz CT molecular complexity index is 630. The van der Waals surface area contributed by atoms with Crippen LogP contribution in [0.5, 0.6) is 0 Å². The van der Waals surface area contributed by atoms with Gasteiger partial charge >= 0.3 is 5.91 Å². The second-order valence-corrected chi connectivity index (χ2v) is 5.60. The maximum absolute atomic E-state index is 13.2. The first-order valence-corrected chi connectivity index (χ1v) is 6.93. The summed E-state index contributed by atoms with van der Waals surface area (Å²) in [6, 6.07) is 3.68. The summed E-state index contributed by atoms with van der Waals surface area (Å²) in [6.07, 6.45) is 0. The Balaban J connectivity index is 2.09. The monoisotopic (exact) mass is 307 g/mol. The predicted molar refractivity (Wildman–Crippen MR) is 79.0 cm³/mol. The zero-order valence-electron chi connectivity index (χ0n) is 12.7. The quantitative estimate of drug-likeness (QED) is 0.816. The molecule has 2 rings (SSSR count). The number of benzene rings is 1. The molecule has 1 heterocycles. The van der Waals surface area contributed by atoms with Gasteiger partial charge in [0.05, 0.1) is 24.5 Å². The van der Waals surface area contributed by atoms with Crippen molar-refractivity contribution in [2.45, 2.75) is 19.9 Å². The molecule has 0 aliphatic carbocycles. The highest BCUT2D eigenvalue weighted by atomic mass is 19.1. The van der Waals surface area contributed by atoms with Crippen molar-refractivity contribution in [3.63, 3.8) is 0 Å². The van der Waals surface area contributed by atoms with E-state index < -0.39 is 17.5 Å². The molecule has 2 amide bonds. The van der Waals surface area contributed by atoms with E-state index in [9.17, 15) is 18.8 Å². The zero-order valence-corrected chi connectivity index (χ0v) is 12.7. The van der Waals surface area contributed by atoms with Crippen molar-refractivity contribution >= 4 is 23.3 Å². The summed E-state index contributed by atoms with van der Waals surface area (Å²) < 4.78 is 13.2. The molecular formula is C15H18FN3O3. The highest BCUT2D eigenvalue weighted by molar-refractivity contribution is 6.52. The van der Waals surface area contributed by atoms with Crippen LogP contribution in [0.2, 0.25) is 0 Å². The summed E-state index contributed by atoms with van der Waals surface area (Å²) in [7, 11) is 1.67. The van der Waals surface area contributed by atoms with Crippen LogP contribution in [-0.4, -0.2) is 48.8 Å². The molecule has 0 unspecified atom stereocenters. The maximum atomic E-state index is 13.2. The number of likely N-dealkylation sites (N-methyl/N-ethyl adjacent to an activating group) is 1. The molecule has 1 aliphatic rings. The Kier molecular flexibility index (Phi) is 4.56. The van der Waals surface area contributed by atoms with E-state index in [0.717, 1.165) is 6.07 Å². The first-order valence-electron chi connectivity index (χ1n) is 6.93. The van der Waals surface area contributed by atoms with E-state index in [1.807, 2.05) is 13.8 Å². The van der Waals surface area contributed by atoms with Crippen LogP contribution in [0.1, 0.15) is 24.2 Å². The molecule has 0 aromatic heterocycles. The van der Waals surface area contributed by atoms with Crippen LogP contribution >= 0.6 is 0 Å². The summed E-state index contributed by atoms with van der Waals surface area (Å²) in [4.78, 5) is 38.4. The van der Waals surface area contributed by atoms with Crippen LogP contribution in [0, 0.1) is 5.82 Å². The van der Waals surface area contributed by atoms with E-state index in [4.69, 9.17) is 0 Å². The number of amides is 2. The SMILES string of the molecule is CC(C)NC(=O)CN(C)CN1C(=O)C(=O)c2cc(F)ccc21. The predicted octanol–water partition coefficient (Wildman–Crippen LogP) is 0.769. The van der Waals surface area contributed by atoms with Gasteiger partial charge < -0.3 is 5.32 Å². The van der Waals surface area contributed by atoms with Crippen LogP contribution in [0.4, 0.5) is 10.1 Å². The fraction of sp³-hybridized carbons (Fsp3) is 0.400. The molecule has 0 atom stereocenters. The molecule has 1 aromatic carbocycles. The minimum absolute atomic E-state index is 0.0274. The molecule has 1 aliphatic heterocycles. The average molecular weight is 307 g/mol. The smallest absolute Gasteiger partial charge is 0.300 e. The summed E-state index contributed by atoms with van der Waals surface area (Å²) in [5.74, 6) is -2.17. The fourth-order valence-electron chi connectivity index (χ4n) is 2.32. The third kappa shape index (κ3) is 3.30. The molecular weight excluding hydrogens is 289 g/mol. The number of hydrogen-bond acceptors (Lipinski definition) is 4. The number of nitrogens with zero attached hydrogens (tertiary/aromatic N) is 2. The molecule has 0 spiro atoms. The minimum atomic E-state index is -0.727. The van der Waals surface area contributed by atoms with Gasteiger partial charge in [-0.15, -0.1) is 0 Å². The average Bonchev–Trinajstić information content (AvgIpc) is 2.62. The molecule has 0 bridgehead atoms. The third-order valence-corrected chi connectivity index (χ3v) is 3.18. The van der Waals surface area contributed by atoms with Gasteiger partial charge in [-0.3, -0.25) is 24.2 Å². The lowest BCUT2D eigenvalue weighted by Crippen LogP contribution is -2.44. The van der Waals surface area contributed by atoms with Crippen LogP contribution in [-0.2, 0) is 9.59 Å². The van der Waals surface area contributed by atoms with E-state index in [-0.39, 0.29) is 30.7 Å². The van der Waals surface area contributed by atoms with Gasteiger partial charge in [-0.1, -0.05) is 0 Å². The largest absolute Gasteiger partial charge is 0.353 e. The topological polar surface area (TPSA) is 69.7 Å². The fourth-order valence-corrected chi connectivity index (χ4v) is 2.32. The number of rotatable bonds is 5. The number of fused-ring (bicyclic) bond motifs is 1. The number of halogens is 1. The van der Waals surface area contributed by atoms with Crippen LogP contribution < -0.4 is 10.2 Å². The van der Waals surface area contributed by atoms with E-state index >= 15 is 0 Å². The highest BCUT2D eigenvalue weighted by Crippen LogP contribution is 2.29. The molecule has 0 saturated heterocycles. The van der Waals surface area contributed by atoms with Gasteiger partial charge in [0.15, 0.2) is 0 Å². The second-order valence-electron chi connectivity index (χ2n) is 5.60. The highest BCUT2D eigenvalue weighted by Gasteiger charge is 2.36. The normalized spacial score (nSPS) is 14.0. The summed E-state index contributed by atoms with van der Waals surface area (Å²) in [5.41, 5.74) is 0.428. The van der Waals surface area contributed by atoms with E-state index in [1.54, 1.807) is 11.9 Å². The van der Waals surface area contributed by atoms with Crippen molar-refractivity contribution in [1.82, 2.24) is 10.2 Å². The first-order chi connectivity index (χ1) is 10.3. The van der Waals surface area contributed by atoms with E-state index in [1.165, 1.54) is 17.0 Å². The lowest BCUT2D eigenvalue weighted by atomic mass is 10.1. The summed E-state index contributed by atoms with van der Waals surface area (Å²) in [5, 5.41) is 2.74. The molecule has 1 aromatic rings. The molecule has 118 valence electrons. The first kappa shape index (κ1) is 16.1. The molecule has 1 N–H and O–H groups in total. The van der Waals surface area contributed by atoms with Gasteiger partial charge in [0.1, 0.15) is 5.82 Å². The third-order valence-electron chi connectivity index (χ3n) is 3.18. The molecule has 0 saturated carbocycles. The number of Topliss-reactive ketones (excluding diaryl/α,β-unsaturated/α-hetero) is 1. The maximum Gasteiger partial charge on any atom is 0.300 e. The van der Waals surface area contributed by atoms with Crippen LogP contribution in [0.15, 0.2) is 18.2 Å². The Hall–Kier alpha value is -2.28. The van der Waals surface area contributed by atoms with E-state index in [0.29, 0.717) is 5.69 Å². The van der Waals surface area contributed by atoms with Crippen molar-refractivity contribution in [3.05, 3.63) is 29.6 Å². The molecule has 22 heavy (non-hydrogen) atoms. The lowest BCUT2D eigenvalue weighted by Gasteiger charge is -2.24. The van der Waals surface area contributed by atoms with Crippen LogP contribution in [0.3, 0.4) is 0 Å². The van der Waals surface area contributed by atoms with Crippen LogP contribution in [0.25, 0.3) is 0 Å². The number of hydrogen-bond donors (Lipinski definition) is 1. The summed E-state index contributed by atoms with van der Waals surface area (Å²) >= 11 is 0. The van der Waals surface area contributed by atoms with Gasteiger partial charge in [-0.25, -0.2) is 4.39 Å². The minimum Gasteiger partial charge on any atom is -0.353 e. The van der Waals surface area contributed by atoms with Crippen molar-refractivity contribution < 1.29 is 18.8 Å². The molecule has 0 radical (unpaired) electrons. The Morgan fingerprint density at radius 2 is 2.05 bits per heavy atom. The van der Waals surface area contributed by atoms with Crippen molar-refractivity contribution in [2.75, 3.05) is 25.2 Å². The number of ketones is 1. The second kappa shape index (κ2) is 6.23. The van der Waals surface area contributed by atoms with Gasteiger partial charge in [0.25, 0.3) is 5.78 Å². The lowest BCUT2D eigenvalue weighted by molar-refractivity contribution is -0.123. The van der Waals surface area contributed by atoms with Gasteiger partial charge in [-0.2, -0.15) is 0 Å². The zero-order chi connectivity index (χ0) is 16.4. The van der Waals surface area contributed by atoms with Crippen molar-refractivity contribution in [2.24, 2.45) is 0 Å². The molecule has 0 fully saturated rings. The standard InChI is InChI=1S/C15H18FN3O3/c1-9(2)17-13(20)7-18(3)8-19-12-5-4-10(16)6-11(12)14(21)15(19)22/h4-6,9H,7-8H2,1-3H3,(H,17,20). The molecule has 6 nitrogen and oxygen atoms in total. The number of anilines is 1. The Morgan fingerprint density at radius 1 is 1.36 bits per heavy atom. The van der Waals surface area contributed by atoms with Crippen molar-refractivity contribution in [1.29, 1.82) is 0 Å².